The first-order valence-electron chi connectivity index (χ1n) is 8.55. The van der Waals surface area contributed by atoms with Crippen LogP contribution in [-0.4, -0.2) is 26.7 Å². The highest BCUT2D eigenvalue weighted by atomic mass is 16.3. The summed E-state index contributed by atoms with van der Waals surface area (Å²) < 4.78 is 0. The summed E-state index contributed by atoms with van der Waals surface area (Å²) in [6, 6.07) is 16.4. The van der Waals surface area contributed by atoms with E-state index in [1.807, 2.05) is 24.3 Å². The van der Waals surface area contributed by atoms with Crippen LogP contribution in [0.2, 0.25) is 0 Å². The van der Waals surface area contributed by atoms with Crippen molar-refractivity contribution in [3.05, 3.63) is 60.3 Å². The fourth-order valence-electron chi connectivity index (χ4n) is 3.01. The summed E-state index contributed by atoms with van der Waals surface area (Å²) >= 11 is 0. The summed E-state index contributed by atoms with van der Waals surface area (Å²) in [7, 11) is 0. The van der Waals surface area contributed by atoms with E-state index in [0.29, 0.717) is 5.69 Å². The zero-order valence-electron chi connectivity index (χ0n) is 14.9. The molecule has 0 aliphatic heterocycles. The minimum Gasteiger partial charge on any atom is -0.508 e. The molecular formula is C21H18N4O2. The Bertz CT molecular complexity index is 1190. The number of rotatable bonds is 3. The number of para-hydroxylation sites is 1. The highest BCUT2D eigenvalue weighted by Crippen LogP contribution is 2.33. The van der Waals surface area contributed by atoms with Crippen molar-refractivity contribution in [2.45, 2.75) is 13.8 Å². The molecule has 1 amide bonds. The quantitative estimate of drug-likeness (QED) is 0.378. The summed E-state index contributed by atoms with van der Waals surface area (Å²) in [6.07, 6.45) is 0. The number of fused-ring (bicyclic) bond motifs is 3. The van der Waals surface area contributed by atoms with Gasteiger partial charge < -0.3 is 10.1 Å². The van der Waals surface area contributed by atoms with Crippen molar-refractivity contribution < 1.29 is 9.90 Å². The van der Waals surface area contributed by atoms with E-state index >= 15 is 0 Å². The van der Waals surface area contributed by atoms with Gasteiger partial charge in [0.1, 0.15) is 11.4 Å². The van der Waals surface area contributed by atoms with E-state index in [2.05, 4.69) is 20.5 Å². The molecule has 0 atom stereocenters. The number of phenols is 1. The van der Waals surface area contributed by atoms with Crippen LogP contribution in [0.25, 0.3) is 33.1 Å². The van der Waals surface area contributed by atoms with Crippen molar-refractivity contribution in [3.63, 3.8) is 0 Å². The van der Waals surface area contributed by atoms with Gasteiger partial charge in [-0.05, 0) is 50.2 Å². The van der Waals surface area contributed by atoms with E-state index in [4.69, 9.17) is 0 Å². The number of aromatic nitrogens is 2. The molecular weight excluding hydrogens is 340 g/mol. The largest absolute Gasteiger partial charge is 0.508 e. The Balaban J connectivity index is 1.97. The van der Waals surface area contributed by atoms with Gasteiger partial charge in [-0.3, -0.25) is 4.79 Å². The Morgan fingerprint density at radius 1 is 1.07 bits per heavy atom. The van der Waals surface area contributed by atoms with Crippen LogP contribution in [0.4, 0.5) is 0 Å². The van der Waals surface area contributed by atoms with Gasteiger partial charge in [-0.1, -0.05) is 18.2 Å². The van der Waals surface area contributed by atoms with Crippen molar-refractivity contribution in [2.75, 3.05) is 0 Å². The fraction of sp³-hybridized carbons (Fsp3) is 0.0952. The smallest absolute Gasteiger partial charge is 0.289 e. The van der Waals surface area contributed by atoms with E-state index in [0.717, 1.165) is 33.1 Å². The summed E-state index contributed by atoms with van der Waals surface area (Å²) in [5, 5.41) is 15.5. The number of H-pyrrole nitrogens is 1. The molecule has 2 aromatic carbocycles. The van der Waals surface area contributed by atoms with E-state index in [1.165, 1.54) is 0 Å². The van der Waals surface area contributed by atoms with Crippen molar-refractivity contribution >= 4 is 33.4 Å². The van der Waals surface area contributed by atoms with Crippen LogP contribution in [0.3, 0.4) is 0 Å². The van der Waals surface area contributed by atoms with Gasteiger partial charge in [0, 0.05) is 27.6 Å². The number of pyridine rings is 1. The molecule has 2 heterocycles. The average molecular weight is 358 g/mol. The van der Waals surface area contributed by atoms with E-state index in [9.17, 15) is 9.90 Å². The third kappa shape index (κ3) is 3.13. The highest BCUT2D eigenvalue weighted by molar-refractivity contribution is 6.13. The minimum atomic E-state index is -0.372. The lowest BCUT2D eigenvalue weighted by Crippen LogP contribution is -2.20. The fourth-order valence-corrected chi connectivity index (χ4v) is 3.01. The topological polar surface area (TPSA) is 90.4 Å². The number of hydrogen-bond acceptors (Lipinski definition) is 4. The maximum atomic E-state index is 12.6. The molecule has 2 aromatic heterocycles. The van der Waals surface area contributed by atoms with Crippen LogP contribution in [0, 0.1) is 0 Å². The maximum Gasteiger partial charge on any atom is 0.289 e. The van der Waals surface area contributed by atoms with Crippen LogP contribution < -0.4 is 5.43 Å². The zero-order valence-corrected chi connectivity index (χ0v) is 14.9. The molecule has 6 nitrogen and oxygen atoms in total. The van der Waals surface area contributed by atoms with Crippen LogP contribution in [-0.2, 0) is 0 Å². The first-order valence-corrected chi connectivity index (χ1v) is 8.55. The zero-order chi connectivity index (χ0) is 19.0. The molecule has 0 saturated heterocycles. The lowest BCUT2D eigenvalue weighted by molar-refractivity contribution is 0.0950. The number of carbonyl (C=O) groups excluding carboxylic acids is 1. The van der Waals surface area contributed by atoms with Crippen molar-refractivity contribution in [1.82, 2.24) is 15.4 Å². The summed E-state index contributed by atoms with van der Waals surface area (Å²) in [6.45, 7) is 3.61. The van der Waals surface area contributed by atoms with Crippen LogP contribution in [0.5, 0.6) is 5.75 Å². The molecule has 6 heteroatoms. The van der Waals surface area contributed by atoms with Gasteiger partial charge in [-0.2, -0.15) is 5.10 Å². The number of nitrogens with one attached hydrogen (secondary N) is 2. The maximum absolute atomic E-state index is 12.6. The SMILES string of the molecule is CC(C)=NNC(=O)c1cc2c([nH]c3ccccc32)c(-c2ccc(O)cc2)n1. The molecule has 0 aliphatic carbocycles. The molecule has 0 bridgehead atoms. The van der Waals surface area contributed by atoms with E-state index in [1.54, 1.807) is 44.2 Å². The number of aromatic hydroxyl groups is 1. The lowest BCUT2D eigenvalue weighted by Gasteiger charge is -2.07. The van der Waals surface area contributed by atoms with Crippen LogP contribution in [0.1, 0.15) is 24.3 Å². The highest BCUT2D eigenvalue weighted by Gasteiger charge is 2.16. The molecule has 0 fully saturated rings. The predicted molar refractivity (Wildman–Crippen MR) is 107 cm³/mol. The van der Waals surface area contributed by atoms with Gasteiger partial charge in [0.05, 0.1) is 11.2 Å². The monoisotopic (exact) mass is 358 g/mol. The number of nitrogens with zero attached hydrogens (tertiary/aromatic N) is 2. The number of carbonyl (C=O) groups is 1. The molecule has 134 valence electrons. The Morgan fingerprint density at radius 2 is 1.81 bits per heavy atom. The first kappa shape index (κ1) is 16.8. The average Bonchev–Trinajstić information content (AvgIpc) is 3.04. The Hall–Kier alpha value is -3.67. The molecule has 27 heavy (non-hydrogen) atoms. The first-order chi connectivity index (χ1) is 13.0. The standard InChI is InChI=1S/C21H18N4O2/c1-12(2)24-25-21(27)18-11-16-15-5-3-4-6-17(15)22-20(16)19(23-18)13-7-9-14(26)10-8-13/h3-11,22,26H,1-2H3,(H,25,27). The number of phenolic OH excluding ortho intramolecular Hbond substituents is 1. The van der Waals surface area contributed by atoms with Crippen molar-refractivity contribution in [2.24, 2.45) is 5.10 Å². The molecule has 0 saturated carbocycles. The van der Waals surface area contributed by atoms with Gasteiger partial charge in [-0.15, -0.1) is 0 Å². The third-order valence-corrected chi connectivity index (χ3v) is 4.25. The Morgan fingerprint density at radius 3 is 2.56 bits per heavy atom. The van der Waals surface area contributed by atoms with Gasteiger partial charge in [0.15, 0.2) is 0 Å². The number of aromatic amines is 1. The number of hydrazone groups is 1. The predicted octanol–water partition coefficient (Wildman–Crippen LogP) is 4.21. The number of amides is 1. The van der Waals surface area contributed by atoms with Gasteiger partial charge >= 0.3 is 0 Å². The molecule has 3 N–H and O–H groups in total. The number of benzene rings is 2. The Kier molecular flexibility index (Phi) is 4.08. The Labute approximate surface area is 155 Å². The summed E-state index contributed by atoms with van der Waals surface area (Å²) in [5.74, 6) is -0.197. The number of hydrogen-bond donors (Lipinski definition) is 3. The molecule has 0 aliphatic rings. The molecule has 4 rings (SSSR count). The second-order valence-corrected chi connectivity index (χ2v) is 6.50. The summed E-state index contributed by atoms with van der Waals surface area (Å²) in [5.41, 5.74) is 6.80. The molecule has 0 radical (unpaired) electrons. The van der Waals surface area contributed by atoms with Gasteiger partial charge in [0.25, 0.3) is 5.91 Å². The van der Waals surface area contributed by atoms with E-state index < -0.39 is 0 Å². The van der Waals surface area contributed by atoms with Crippen molar-refractivity contribution in [3.8, 4) is 17.0 Å². The second kappa shape index (κ2) is 6.57. The summed E-state index contributed by atoms with van der Waals surface area (Å²) in [4.78, 5) is 20.5. The lowest BCUT2D eigenvalue weighted by atomic mass is 10.1. The molecule has 0 spiro atoms. The van der Waals surface area contributed by atoms with Gasteiger partial charge in [0.2, 0.25) is 0 Å². The van der Waals surface area contributed by atoms with Crippen molar-refractivity contribution in [1.29, 1.82) is 0 Å². The van der Waals surface area contributed by atoms with Gasteiger partial charge in [-0.25, -0.2) is 10.4 Å². The van der Waals surface area contributed by atoms with Crippen LogP contribution in [0.15, 0.2) is 59.7 Å². The van der Waals surface area contributed by atoms with E-state index in [-0.39, 0.29) is 17.4 Å². The minimum absolute atomic E-state index is 0.174. The normalized spacial score (nSPS) is 10.9. The van der Waals surface area contributed by atoms with Crippen LogP contribution >= 0.6 is 0 Å². The third-order valence-electron chi connectivity index (χ3n) is 4.25. The molecule has 0 unspecified atom stereocenters. The second-order valence-electron chi connectivity index (χ2n) is 6.50. The molecule has 4 aromatic rings.